The zero-order valence-corrected chi connectivity index (χ0v) is 9.90. The number of esters is 1. The second-order valence-electron chi connectivity index (χ2n) is 3.93. The topological polar surface area (TPSA) is 70.1 Å². The molecule has 5 nitrogen and oxygen atoms in total. The molecule has 0 amide bonds. The van der Waals surface area contributed by atoms with Crippen LogP contribution in [0.25, 0.3) is 0 Å². The number of hydrogen-bond acceptors (Lipinski definition) is 4. The number of aromatic nitrogens is 2. The average molecular weight is 245 g/mol. The van der Waals surface area contributed by atoms with Gasteiger partial charge in [-0.3, -0.25) is 9.48 Å². The normalized spacial score (nSPS) is 12.1. The van der Waals surface area contributed by atoms with Crippen molar-refractivity contribution in [1.82, 2.24) is 9.78 Å². The predicted molar refractivity (Wildman–Crippen MR) is 66.4 cm³/mol. The molecule has 2 N–H and O–H groups in total. The molecule has 0 spiro atoms. The van der Waals surface area contributed by atoms with Crippen molar-refractivity contribution in [1.29, 1.82) is 0 Å². The monoisotopic (exact) mass is 245 g/mol. The lowest BCUT2D eigenvalue weighted by Crippen LogP contribution is -2.36. The van der Waals surface area contributed by atoms with Crippen molar-refractivity contribution >= 4 is 5.97 Å². The van der Waals surface area contributed by atoms with Crippen molar-refractivity contribution < 1.29 is 9.53 Å². The number of carbonyl (C=O) groups is 1. The minimum atomic E-state index is -0.700. The zero-order valence-electron chi connectivity index (χ0n) is 9.90. The Balaban J connectivity index is 1.81. The molecule has 0 aliphatic heterocycles. The maximum Gasteiger partial charge on any atom is 0.325 e. The van der Waals surface area contributed by atoms with Crippen LogP contribution in [0.1, 0.15) is 5.56 Å². The summed E-state index contributed by atoms with van der Waals surface area (Å²) in [7, 11) is 0. The van der Waals surface area contributed by atoms with E-state index in [1.807, 2.05) is 30.3 Å². The Kier molecular flexibility index (Phi) is 4.09. The van der Waals surface area contributed by atoms with Gasteiger partial charge in [-0.2, -0.15) is 5.10 Å². The molecule has 0 aliphatic carbocycles. The fourth-order valence-electron chi connectivity index (χ4n) is 1.52. The van der Waals surface area contributed by atoms with Gasteiger partial charge in [-0.05, 0) is 11.6 Å². The molecule has 1 heterocycles. The molecule has 1 unspecified atom stereocenters. The molecule has 2 rings (SSSR count). The Morgan fingerprint density at radius 2 is 2.11 bits per heavy atom. The summed E-state index contributed by atoms with van der Waals surface area (Å²) in [5.74, 6) is -0.422. The molecule has 18 heavy (non-hydrogen) atoms. The molecule has 1 aromatic carbocycles. The zero-order chi connectivity index (χ0) is 12.8. The molecule has 1 aromatic heterocycles. The predicted octanol–water partition coefficient (Wildman–Crippen LogP) is 0.954. The highest BCUT2D eigenvalue weighted by molar-refractivity contribution is 5.75. The van der Waals surface area contributed by atoms with Crippen LogP contribution < -0.4 is 5.73 Å². The van der Waals surface area contributed by atoms with E-state index in [4.69, 9.17) is 10.5 Å². The van der Waals surface area contributed by atoms with Crippen LogP contribution in [0.4, 0.5) is 0 Å². The molecule has 0 saturated heterocycles. The van der Waals surface area contributed by atoms with Crippen LogP contribution in [-0.4, -0.2) is 21.8 Å². The summed E-state index contributed by atoms with van der Waals surface area (Å²) in [6, 6.07) is 10.6. The number of nitrogens with two attached hydrogens (primary N) is 1. The molecule has 0 aliphatic rings. The van der Waals surface area contributed by atoms with Crippen LogP contribution in [0, 0.1) is 0 Å². The SMILES string of the molecule is NC(Cn1cccn1)C(=O)OCc1ccccc1. The van der Waals surface area contributed by atoms with E-state index in [1.54, 1.807) is 23.1 Å². The summed E-state index contributed by atoms with van der Waals surface area (Å²) in [5.41, 5.74) is 6.68. The highest BCUT2D eigenvalue weighted by Crippen LogP contribution is 2.02. The Morgan fingerprint density at radius 1 is 1.33 bits per heavy atom. The Bertz CT molecular complexity index is 482. The first-order valence-electron chi connectivity index (χ1n) is 5.69. The summed E-state index contributed by atoms with van der Waals surface area (Å²) >= 11 is 0. The van der Waals surface area contributed by atoms with E-state index >= 15 is 0 Å². The van der Waals surface area contributed by atoms with E-state index in [-0.39, 0.29) is 6.61 Å². The van der Waals surface area contributed by atoms with E-state index in [0.29, 0.717) is 6.54 Å². The van der Waals surface area contributed by atoms with Crippen LogP contribution in [0.5, 0.6) is 0 Å². The van der Waals surface area contributed by atoms with Gasteiger partial charge in [-0.25, -0.2) is 0 Å². The maximum atomic E-state index is 11.7. The minimum Gasteiger partial charge on any atom is -0.460 e. The van der Waals surface area contributed by atoms with Gasteiger partial charge in [0.05, 0.1) is 6.54 Å². The van der Waals surface area contributed by atoms with Crippen LogP contribution in [0.15, 0.2) is 48.8 Å². The highest BCUT2D eigenvalue weighted by Gasteiger charge is 2.15. The van der Waals surface area contributed by atoms with Crippen molar-refractivity contribution in [3.63, 3.8) is 0 Å². The maximum absolute atomic E-state index is 11.7. The van der Waals surface area contributed by atoms with E-state index in [9.17, 15) is 4.79 Å². The van der Waals surface area contributed by atoms with Gasteiger partial charge in [0, 0.05) is 12.4 Å². The van der Waals surface area contributed by atoms with E-state index in [0.717, 1.165) is 5.56 Å². The van der Waals surface area contributed by atoms with E-state index < -0.39 is 12.0 Å². The lowest BCUT2D eigenvalue weighted by Gasteiger charge is -2.11. The minimum absolute atomic E-state index is 0.243. The Hall–Kier alpha value is -2.14. The first-order chi connectivity index (χ1) is 8.75. The van der Waals surface area contributed by atoms with Crippen LogP contribution in [0.2, 0.25) is 0 Å². The van der Waals surface area contributed by atoms with Crippen molar-refractivity contribution in [3.05, 3.63) is 54.4 Å². The van der Waals surface area contributed by atoms with Gasteiger partial charge in [0.15, 0.2) is 0 Å². The molecule has 0 radical (unpaired) electrons. The number of nitrogens with zero attached hydrogens (tertiary/aromatic N) is 2. The van der Waals surface area contributed by atoms with E-state index in [1.165, 1.54) is 0 Å². The van der Waals surface area contributed by atoms with E-state index in [2.05, 4.69) is 5.10 Å². The van der Waals surface area contributed by atoms with Gasteiger partial charge in [0.25, 0.3) is 0 Å². The number of ether oxygens (including phenoxy) is 1. The van der Waals surface area contributed by atoms with Crippen molar-refractivity contribution in [2.24, 2.45) is 5.73 Å². The second kappa shape index (κ2) is 5.97. The number of rotatable bonds is 5. The molecule has 2 aromatic rings. The number of carbonyl (C=O) groups excluding carboxylic acids is 1. The largest absolute Gasteiger partial charge is 0.460 e. The third-order valence-corrected chi connectivity index (χ3v) is 2.47. The Morgan fingerprint density at radius 3 is 2.78 bits per heavy atom. The summed E-state index contributed by atoms with van der Waals surface area (Å²) in [6.07, 6.45) is 3.40. The first-order valence-corrected chi connectivity index (χ1v) is 5.69. The van der Waals surface area contributed by atoms with Gasteiger partial charge in [0.1, 0.15) is 12.6 Å². The number of benzene rings is 1. The third kappa shape index (κ3) is 3.43. The third-order valence-electron chi connectivity index (χ3n) is 2.47. The fourth-order valence-corrected chi connectivity index (χ4v) is 1.52. The van der Waals surface area contributed by atoms with Crippen molar-refractivity contribution in [2.45, 2.75) is 19.2 Å². The van der Waals surface area contributed by atoms with Gasteiger partial charge < -0.3 is 10.5 Å². The van der Waals surface area contributed by atoms with Crippen LogP contribution >= 0.6 is 0 Å². The summed E-state index contributed by atoms with van der Waals surface area (Å²) in [5, 5.41) is 3.99. The summed E-state index contributed by atoms with van der Waals surface area (Å²) < 4.78 is 6.74. The molecule has 5 heteroatoms. The lowest BCUT2D eigenvalue weighted by molar-refractivity contribution is -0.146. The van der Waals surface area contributed by atoms with Crippen molar-refractivity contribution in [2.75, 3.05) is 0 Å². The second-order valence-corrected chi connectivity index (χ2v) is 3.93. The summed E-state index contributed by atoms with van der Waals surface area (Å²) in [6.45, 7) is 0.563. The molecule has 94 valence electrons. The van der Waals surface area contributed by atoms with Crippen molar-refractivity contribution in [3.8, 4) is 0 Å². The summed E-state index contributed by atoms with van der Waals surface area (Å²) in [4.78, 5) is 11.7. The van der Waals surface area contributed by atoms with Gasteiger partial charge in [0.2, 0.25) is 0 Å². The molecular formula is C13H15N3O2. The lowest BCUT2D eigenvalue weighted by atomic mass is 10.2. The standard InChI is InChI=1S/C13H15N3O2/c14-12(9-16-8-4-7-15-16)13(17)18-10-11-5-2-1-3-6-11/h1-8,12H,9-10,14H2. The van der Waals surface area contributed by atoms with Gasteiger partial charge in [-0.15, -0.1) is 0 Å². The number of hydrogen-bond donors (Lipinski definition) is 1. The molecule has 0 fully saturated rings. The fraction of sp³-hybridized carbons (Fsp3) is 0.231. The highest BCUT2D eigenvalue weighted by atomic mass is 16.5. The Labute approximate surface area is 105 Å². The first kappa shape index (κ1) is 12.3. The molecular weight excluding hydrogens is 230 g/mol. The van der Waals surface area contributed by atoms with Gasteiger partial charge in [-0.1, -0.05) is 30.3 Å². The smallest absolute Gasteiger partial charge is 0.325 e. The van der Waals surface area contributed by atoms with Gasteiger partial charge >= 0.3 is 5.97 Å². The molecule has 1 atom stereocenters. The average Bonchev–Trinajstić information content (AvgIpc) is 2.90. The molecule has 0 bridgehead atoms. The van der Waals surface area contributed by atoms with Crippen LogP contribution in [-0.2, 0) is 22.7 Å². The quantitative estimate of drug-likeness (QED) is 0.796. The van der Waals surface area contributed by atoms with Crippen LogP contribution in [0.3, 0.4) is 0 Å². The molecule has 0 saturated carbocycles.